The van der Waals surface area contributed by atoms with Gasteiger partial charge in [-0.3, -0.25) is 9.69 Å². The summed E-state index contributed by atoms with van der Waals surface area (Å²) in [6.07, 6.45) is 1.50. The van der Waals surface area contributed by atoms with Gasteiger partial charge in [-0.2, -0.15) is 0 Å². The van der Waals surface area contributed by atoms with E-state index in [-0.39, 0.29) is 30.4 Å². The summed E-state index contributed by atoms with van der Waals surface area (Å²) in [5, 5.41) is 3.72. The Labute approximate surface area is 214 Å². The summed E-state index contributed by atoms with van der Waals surface area (Å²) in [5.41, 5.74) is 1.46. The molecule has 2 aromatic carbocycles. The third-order valence-corrected chi connectivity index (χ3v) is 6.00. The molecule has 1 fully saturated rings. The van der Waals surface area contributed by atoms with Crippen LogP contribution in [0.25, 0.3) is 6.08 Å². The topological polar surface area (TPSA) is 98.1 Å². The largest absolute Gasteiger partial charge is 0.487 e. The van der Waals surface area contributed by atoms with Crippen molar-refractivity contribution in [3.8, 4) is 5.75 Å². The lowest BCUT2D eigenvalue weighted by molar-refractivity contribution is -0.123. The molecule has 4 rings (SSSR count). The first-order valence-electron chi connectivity index (χ1n) is 10.1. The molecule has 0 unspecified atom stereocenters. The second kappa shape index (κ2) is 10.4. The van der Waals surface area contributed by atoms with E-state index < -0.39 is 17.9 Å². The van der Waals surface area contributed by atoms with E-state index in [9.17, 15) is 14.4 Å². The van der Waals surface area contributed by atoms with E-state index in [1.54, 1.807) is 36.4 Å². The third-order valence-electron chi connectivity index (χ3n) is 4.97. The van der Waals surface area contributed by atoms with Gasteiger partial charge in [0.25, 0.3) is 5.91 Å². The van der Waals surface area contributed by atoms with Crippen LogP contribution in [0.5, 0.6) is 5.75 Å². The van der Waals surface area contributed by atoms with Crippen LogP contribution in [0, 0.1) is 0 Å². The molecule has 3 aromatic rings. The first-order chi connectivity index (χ1) is 16.7. The number of hydrogen-bond donors (Lipinski definition) is 1. The van der Waals surface area contributed by atoms with Gasteiger partial charge in [-0.05, 0) is 53.6 Å². The van der Waals surface area contributed by atoms with E-state index in [4.69, 9.17) is 44.0 Å². The van der Waals surface area contributed by atoms with E-state index >= 15 is 0 Å². The van der Waals surface area contributed by atoms with E-state index in [0.717, 1.165) is 10.5 Å². The SMILES string of the molecule is COC(=O)c1ccc(CN2C(=O)N/C(=C\c3ccc(OCc4ccc(Cl)c(Cl)c4)c(Cl)c3)C2=O)o1. The fraction of sp³-hybridized carbons (Fsp3) is 0.125. The lowest BCUT2D eigenvalue weighted by atomic mass is 10.1. The molecule has 0 atom stereocenters. The Morgan fingerprint density at radius 3 is 2.54 bits per heavy atom. The summed E-state index contributed by atoms with van der Waals surface area (Å²) in [5.74, 6) is -0.553. The minimum atomic E-state index is -0.657. The van der Waals surface area contributed by atoms with Gasteiger partial charge < -0.3 is 19.2 Å². The molecular weight excluding hydrogens is 519 g/mol. The van der Waals surface area contributed by atoms with Gasteiger partial charge in [-0.1, -0.05) is 46.9 Å². The molecule has 0 bridgehead atoms. The number of imide groups is 1. The number of rotatable bonds is 7. The van der Waals surface area contributed by atoms with Crippen molar-refractivity contribution in [2.45, 2.75) is 13.2 Å². The summed E-state index contributed by atoms with van der Waals surface area (Å²) in [7, 11) is 1.22. The summed E-state index contributed by atoms with van der Waals surface area (Å²) in [4.78, 5) is 37.6. The predicted molar refractivity (Wildman–Crippen MR) is 129 cm³/mol. The first kappa shape index (κ1) is 24.7. The molecule has 0 radical (unpaired) electrons. The van der Waals surface area contributed by atoms with Crippen LogP contribution in [-0.4, -0.2) is 29.9 Å². The van der Waals surface area contributed by atoms with E-state index in [0.29, 0.717) is 26.4 Å². The van der Waals surface area contributed by atoms with Crippen molar-refractivity contribution < 1.29 is 28.3 Å². The van der Waals surface area contributed by atoms with E-state index in [1.807, 2.05) is 0 Å². The van der Waals surface area contributed by atoms with Crippen molar-refractivity contribution in [3.05, 3.63) is 91.9 Å². The maximum atomic E-state index is 12.7. The highest BCUT2D eigenvalue weighted by atomic mass is 35.5. The maximum absolute atomic E-state index is 12.7. The molecule has 35 heavy (non-hydrogen) atoms. The Bertz CT molecular complexity index is 1350. The van der Waals surface area contributed by atoms with E-state index in [2.05, 4.69) is 10.1 Å². The number of ether oxygens (including phenoxy) is 2. The number of benzene rings is 2. The van der Waals surface area contributed by atoms with Crippen molar-refractivity contribution in [3.63, 3.8) is 0 Å². The van der Waals surface area contributed by atoms with Crippen LogP contribution in [0.1, 0.15) is 27.4 Å². The molecule has 11 heteroatoms. The zero-order chi connectivity index (χ0) is 25.1. The quantitative estimate of drug-likeness (QED) is 0.237. The average molecular weight is 536 g/mol. The summed E-state index contributed by atoms with van der Waals surface area (Å²) < 4.78 is 15.7. The lowest BCUT2D eigenvalue weighted by Gasteiger charge is -2.10. The molecule has 1 aromatic heterocycles. The molecule has 180 valence electrons. The molecule has 0 saturated carbocycles. The Morgan fingerprint density at radius 2 is 1.83 bits per heavy atom. The molecule has 0 spiro atoms. The fourth-order valence-corrected chi connectivity index (χ4v) is 3.79. The minimum absolute atomic E-state index is 0.0265. The molecule has 1 aliphatic rings. The standard InChI is InChI=1S/C24H17Cl3N2O6/c1-33-23(31)21-7-4-15(35-21)11-29-22(30)19(28-24(29)32)10-13-3-6-20(18(27)8-13)34-12-14-2-5-16(25)17(26)9-14/h2-10H,11-12H2,1H3,(H,28,32)/b19-10-. The Balaban J connectivity index is 1.43. The summed E-state index contributed by atoms with van der Waals surface area (Å²) >= 11 is 18.3. The lowest BCUT2D eigenvalue weighted by Crippen LogP contribution is -2.30. The monoisotopic (exact) mass is 534 g/mol. The van der Waals surface area contributed by atoms with Crippen LogP contribution in [-0.2, 0) is 22.7 Å². The van der Waals surface area contributed by atoms with Crippen LogP contribution >= 0.6 is 34.8 Å². The van der Waals surface area contributed by atoms with Gasteiger partial charge in [-0.15, -0.1) is 0 Å². The van der Waals surface area contributed by atoms with Crippen LogP contribution < -0.4 is 10.1 Å². The smallest absolute Gasteiger partial charge is 0.373 e. The highest BCUT2D eigenvalue weighted by Crippen LogP contribution is 2.29. The number of esters is 1. The zero-order valence-corrected chi connectivity index (χ0v) is 20.4. The van der Waals surface area contributed by atoms with Gasteiger partial charge in [0.2, 0.25) is 5.76 Å². The molecular formula is C24H17Cl3N2O6. The summed E-state index contributed by atoms with van der Waals surface area (Å²) in [6.45, 7) is 0.0757. The Kier molecular flexibility index (Phi) is 7.35. The normalized spacial score (nSPS) is 14.4. The Morgan fingerprint density at radius 1 is 1.03 bits per heavy atom. The second-order valence-electron chi connectivity index (χ2n) is 7.36. The fourth-order valence-electron chi connectivity index (χ4n) is 3.23. The number of nitrogens with zero attached hydrogens (tertiary/aromatic N) is 1. The number of urea groups is 1. The molecule has 1 aliphatic heterocycles. The predicted octanol–water partition coefficient (Wildman–Crippen LogP) is 5.70. The van der Waals surface area contributed by atoms with Crippen LogP contribution in [0.4, 0.5) is 4.79 Å². The van der Waals surface area contributed by atoms with Crippen molar-refractivity contribution in [2.75, 3.05) is 7.11 Å². The van der Waals surface area contributed by atoms with Crippen LogP contribution in [0.2, 0.25) is 15.1 Å². The highest BCUT2D eigenvalue weighted by molar-refractivity contribution is 6.42. The molecule has 8 nitrogen and oxygen atoms in total. The van der Waals surface area contributed by atoms with Crippen molar-refractivity contribution in [1.82, 2.24) is 10.2 Å². The first-order valence-corrected chi connectivity index (χ1v) is 11.3. The highest BCUT2D eigenvalue weighted by Gasteiger charge is 2.34. The van der Waals surface area contributed by atoms with Gasteiger partial charge >= 0.3 is 12.0 Å². The number of methoxy groups -OCH3 is 1. The van der Waals surface area contributed by atoms with Crippen molar-refractivity contribution in [1.29, 1.82) is 0 Å². The number of amides is 3. The number of carbonyl (C=O) groups is 3. The number of furan rings is 1. The molecule has 0 aliphatic carbocycles. The Hall–Kier alpha value is -3.46. The minimum Gasteiger partial charge on any atom is -0.487 e. The van der Waals surface area contributed by atoms with Crippen molar-refractivity contribution in [2.24, 2.45) is 0 Å². The zero-order valence-electron chi connectivity index (χ0n) is 18.1. The number of nitrogens with one attached hydrogen (secondary N) is 1. The molecule has 1 saturated heterocycles. The number of carbonyl (C=O) groups excluding carboxylic acids is 3. The number of hydrogen-bond acceptors (Lipinski definition) is 6. The van der Waals surface area contributed by atoms with Gasteiger partial charge in [0.15, 0.2) is 0 Å². The van der Waals surface area contributed by atoms with Crippen LogP contribution in [0.15, 0.2) is 58.6 Å². The van der Waals surface area contributed by atoms with Gasteiger partial charge in [0.1, 0.15) is 23.8 Å². The molecule has 1 N–H and O–H groups in total. The molecule has 3 amide bonds. The average Bonchev–Trinajstić information content (AvgIpc) is 3.40. The second-order valence-corrected chi connectivity index (χ2v) is 8.59. The molecule has 2 heterocycles. The van der Waals surface area contributed by atoms with Gasteiger partial charge in [0.05, 0.1) is 28.7 Å². The van der Waals surface area contributed by atoms with Crippen LogP contribution in [0.3, 0.4) is 0 Å². The third kappa shape index (κ3) is 5.62. The maximum Gasteiger partial charge on any atom is 0.373 e. The summed E-state index contributed by atoms with van der Waals surface area (Å²) in [6, 6.07) is 12.4. The van der Waals surface area contributed by atoms with Gasteiger partial charge in [-0.25, -0.2) is 9.59 Å². The van der Waals surface area contributed by atoms with E-state index in [1.165, 1.54) is 25.3 Å². The number of halogens is 3. The van der Waals surface area contributed by atoms with Gasteiger partial charge in [0, 0.05) is 0 Å². The van der Waals surface area contributed by atoms with Crippen molar-refractivity contribution >= 4 is 58.8 Å².